The summed E-state index contributed by atoms with van der Waals surface area (Å²) in [5.41, 5.74) is 0.370. The van der Waals surface area contributed by atoms with Crippen molar-refractivity contribution in [1.82, 2.24) is 0 Å². The van der Waals surface area contributed by atoms with Crippen LogP contribution in [0.3, 0.4) is 0 Å². The van der Waals surface area contributed by atoms with Gasteiger partial charge < -0.3 is 19.5 Å². The Balaban J connectivity index is 1.83. The van der Waals surface area contributed by atoms with E-state index >= 15 is 0 Å². The van der Waals surface area contributed by atoms with Crippen LogP contribution in [0.15, 0.2) is 42.5 Å². The Kier molecular flexibility index (Phi) is 5.76. The van der Waals surface area contributed by atoms with Crippen LogP contribution < -0.4 is 14.9 Å². The zero-order valence-electron chi connectivity index (χ0n) is 11.0. The minimum absolute atomic E-state index is 0.301. The molecule has 0 aromatic heterocycles. The number of rotatable bonds is 6. The first kappa shape index (κ1) is 16.0. The van der Waals surface area contributed by atoms with Gasteiger partial charge in [-0.1, -0.05) is 35.3 Å². The maximum absolute atomic E-state index is 9.07. The quantitative estimate of drug-likeness (QED) is 0.630. The van der Waals surface area contributed by atoms with Crippen molar-refractivity contribution in [3.05, 3.63) is 52.5 Å². The molecule has 2 N–H and O–H groups in total. The van der Waals surface area contributed by atoms with Gasteiger partial charge in [0, 0.05) is 10.0 Å². The highest BCUT2D eigenvalue weighted by molar-refractivity contribution is 6.58. The summed E-state index contributed by atoms with van der Waals surface area (Å²) in [6, 6.07) is 11.5. The van der Waals surface area contributed by atoms with E-state index in [9.17, 15) is 0 Å². The van der Waals surface area contributed by atoms with Crippen LogP contribution in [0.1, 0.15) is 0 Å². The molecule has 0 saturated heterocycles. The molecule has 7 heteroatoms. The van der Waals surface area contributed by atoms with Gasteiger partial charge in [-0.25, -0.2) is 0 Å². The molecule has 0 aliphatic heterocycles. The van der Waals surface area contributed by atoms with Crippen molar-refractivity contribution in [2.75, 3.05) is 13.2 Å². The number of ether oxygens (including phenoxy) is 2. The molecule has 0 bridgehead atoms. The third-order valence-corrected chi connectivity index (χ3v) is 3.05. The van der Waals surface area contributed by atoms with Gasteiger partial charge >= 0.3 is 7.12 Å². The Morgan fingerprint density at radius 1 is 0.857 bits per heavy atom. The Hall–Kier alpha value is -1.40. The van der Waals surface area contributed by atoms with Gasteiger partial charge in [0.15, 0.2) is 0 Å². The van der Waals surface area contributed by atoms with E-state index in [2.05, 4.69) is 0 Å². The van der Waals surface area contributed by atoms with Gasteiger partial charge in [0.25, 0.3) is 0 Å². The Morgan fingerprint density at radius 2 is 1.48 bits per heavy atom. The molecule has 110 valence electrons. The maximum Gasteiger partial charge on any atom is 0.488 e. The fraction of sp³-hybridized carbons (Fsp3) is 0.143. The predicted molar refractivity (Wildman–Crippen MR) is 83.7 cm³/mol. The molecular weight excluding hydrogens is 314 g/mol. The summed E-state index contributed by atoms with van der Waals surface area (Å²) in [5, 5.41) is 19.1. The lowest BCUT2D eigenvalue weighted by Gasteiger charge is -2.10. The van der Waals surface area contributed by atoms with Crippen LogP contribution in [-0.2, 0) is 0 Å². The molecule has 0 amide bonds. The van der Waals surface area contributed by atoms with Crippen LogP contribution in [0.5, 0.6) is 11.5 Å². The molecule has 0 aliphatic rings. The number of hydrogen-bond acceptors (Lipinski definition) is 4. The highest BCUT2D eigenvalue weighted by Gasteiger charge is 2.10. The first-order chi connectivity index (χ1) is 10.0. The van der Waals surface area contributed by atoms with Crippen LogP contribution in [0.25, 0.3) is 0 Å². The lowest BCUT2D eigenvalue weighted by atomic mass is 9.80. The molecule has 0 saturated carbocycles. The SMILES string of the molecule is OB(O)c1cccc(OCCOc2cc(Cl)cc(Cl)c2)c1. The summed E-state index contributed by atoms with van der Waals surface area (Å²) >= 11 is 11.7. The van der Waals surface area contributed by atoms with E-state index in [4.69, 9.17) is 42.7 Å². The molecule has 0 spiro atoms. The number of hydrogen-bond donors (Lipinski definition) is 2. The van der Waals surface area contributed by atoms with Gasteiger partial charge in [-0.15, -0.1) is 0 Å². The van der Waals surface area contributed by atoms with Crippen LogP contribution in [0.4, 0.5) is 0 Å². The monoisotopic (exact) mass is 326 g/mol. The van der Waals surface area contributed by atoms with Crippen LogP contribution >= 0.6 is 23.2 Å². The summed E-state index contributed by atoms with van der Waals surface area (Å²) in [4.78, 5) is 0. The van der Waals surface area contributed by atoms with E-state index in [0.29, 0.717) is 40.2 Å². The first-order valence-corrected chi connectivity index (χ1v) is 6.98. The molecule has 0 aliphatic carbocycles. The molecule has 2 rings (SSSR count). The first-order valence-electron chi connectivity index (χ1n) is 6.22. The van der Waals surface area contributed by atoms with Crippen molar-refractivity contribution >= 4 is 35.8 Å². The van der Waals surface area contributed by atoms with Gasteiger partial charge in [0.05, 0.1) is 0 Å². The molecule has 0 atom stereocenters. The predicted octanol–water partition coefficient (Wildman–Crippen LogP) is 2.13. The zero-order valence-corrected chi connectivity index (χ0v) is 12.5. The van der Waals surface area contributed by atoms with E-state index < -0.39 is 7.12 Å². The number of halogens is 2. The van der Waals surface area contributed by atoms with E-state index in [1.807, 2.05) is 0 Å². The van der Waals surface area contributed by atoms with Gasteiger partial charge in [0.1, 0.15) is 24.7 Å². The van der Waals surface area contributed by atoms with E-state index in [-0.39, 0.29) is 0 Å². The standard InChI is InChI=1S/C14H13BCl2O4/c16-11-7-12(17)9-14(8-11)21-5-4-20-13-3-1-2-10(6-13)15(18)19/h1-3,6-9,18-19H,4-5H2. The van der Waals surface area contributed by atoms with E-state index in [1.165, 1.54) is 0 Å². The second-order valence-electron chi connectivity index (χ2n) is 4.25. The molecule has 2 aromatic carbocycles. The summed E-state index contributed by atoms with van der Waals surface area (Å²) in [6.45, 7) is 0.609. The fourth-order valence-electron chi connectivity index (χ4n) is 1.70. The smallest absolute Gasteiger partial charge is 0.488 e. The zero-order chi connectivity index (χ0) is 15.2. The average molecular weight is 327 g/mol. The molecule has 0 heterocycles. The second-order valence-corrected chi connectivity index (χ2v) is 5.12. The van der Waals surface area contributed by atoms with Gasteiger partial charge in [-0.2, -0.15) is 0 Å². The van der Waals surface area contributed by atoms with Crippen LogP contribution in [0, 0.1) is 0 Å². The van der Waals surface area contributed by atoms with E-state index in [1.54, 1.807) is 42.5 Å². The lowest BCUT2D eigenvalue weighted by Crippen LogP contribution is -2.29. The van der Waals surface area contributed by atoms with Crippen molar-refractivity contribution in [3.8, 4) is 11.5 Å². The van der Waals surface area contributed by atoms with Crippen molar-refractivity contribution in [2.24, 2.45) is 0 Å². The van der Waals surface area contributed by atoms with Crippen LogP contribution in [0.2, 0.25) is 10.0 Å². The minimum atomic E-state index is -1.52. The third kappa shape index (κ3) is 5.14. The normalized spacial score (nSPS) is 10.3. The maximum atomic E-state index is 9.07. The van der Waals surface area contributed by atoms with Crippen molar-refractivity contribution in [1.29, 1.82) is 0 Å². The van der Waals surface area contributed by atoms with Crippen molar-refractivity contribution in [2.45, 2.75) is 0 Å². The minimum Gasteiger partial charge on any atom is -0.490 e. The van der Waals surface area contributed by atoms with Crippen LogP contribution in [-0.4, -0.2) is 30.4 Å². The molecule has 2 aromatic rings. The van der Waals surface area contributed by atoms with Gasteiger partial charge in [-0.3, -0.25) is 0 Å². The molecule has 0 unspecified atom stereocenters. The van der Waals surface area contributed by atoms with Gasteiger partial charge in [0.2, 0.25) is 0 Å². The fourth-order valence-corrected chi connectivity index (χ4v) is 2.20. The molecular formula is C14H13BCl2O4. The topological polar surface area (TPSA) is 58.9 Å². The molecule has 21 heavy (non-hydrogen) atoms. The third-order valence-electron chi connectivity index (χ3n) is 2.61. The van der Waals surface area contributed by atoms with Crippen molar-refractivity contribution < 1.29 is 19.5 Å². The largest absolute Gasteiger partial charge is 0.490 e. The number of benzene rings is 2. The van der Waals surface area contributed by atoms with E-state index in [0.717, 1.165) is 0 Å². The Bertz CT molecular complexity index is 587. The molecule has 0 fully saturated rings. The summed E-state index contributed by atoms with van der Waals surface area (Å²) in [6.07, 6.45) is 0. The van der Waals surface area contributed by atoms with Crippen molar-refractivity contribution in [3.63, 3.8) is 0 Å². The Labute approximate surface area is 133 Å². The van der Waals surface area contributed by atoms with Gasteiger partial charge in [-0.05, 0) is 35.8 Å². The highest BCUT2D eigenvalue weighted by atomic mass is 35.5. The highest BCUT2D eigenvalue weighted by Crippen LogP contribution is 2.24. The summed E-state index contributed by atoms with van der Waals surface area (Å²) in [5.74, 6) is 1.10. The average Bonchev–Trinajstić information content (AvgIpc) is 2.43. The lowest BCUT2D eigenvalue weighted by molar-refractivity contribution is 0.217. The molecule has 0 radical (unpaired) electrons. The summed E-state index contributed by atoms with van der Waals surface area (Å²) < 4.78 is 10.9. The Morgan fingerprint density at radius 3 is 2.10 bits per heavy atom. The summed E-state index contributed by atoms with van der Waals surface area (Å²) in [7, 11) is -1.52. The molecule has 4 nitrogen and oxygen atoms in total. The second kappa shape index (κ2) is 7.57.